The molecule has 4 unspecified atom stereocenters. The number of nitrogens with one attached hydrogen (secondary N) is 1. The van der Waals surface area contributed by atoms with E-state index in [1.807, 2.05) is 84.9 Å². The van der Waals surface area contributed by atoms with Crippen LogP contribution in [-0.4, -0.2) is 148 Å². The summed E-state index contributed by atoms with van der Waals surface area (Å²) in [6, 6.07) is 32.1. The third kappa shape index (κ3) is 12.0. The van der Waals surface area contributed by atoms with Crippen molar-refractivity contribution in [2.75, 3.05) is 66.6 Å². The standard InChI is InChI=1S/C26H34N6O2S.C25H32N6O2S/c1-30-28-26(27-29-30)25(32-18-16-31(17-19-32)21-6-4-3-5-7-21)20-8-12-23(13-9-20)35(33)24-14-10-22(34-2)11-15-24;1-33-21-9-13-23(14-10-21)34(32)22-11-7-19(8-12-22)24(25-26-28-29-27-25)31-17-15-30(16-18-31)20-5-3-2-4-6-20/h8-15,21,25H,3-7,16-19H2,1-2H3;7-14,20,24H,2-6,15-18H2,1H3,(H,26,27,28,29). The Kier molecular flexibility index (Phi) is 16.7. The number of H-pyrrole nitrogens is 1. The Labute approximate surface area is 411 Å². The number of hydrogen-bond donors (Lipinski definition) is 1. The van der Waals surface area contributed by atoms with Gasteiger partial charge in [0.05, 0.1) is 55.0 Å². The Morgan fingerprint density at radius 2 is 0.913 bits per heavy atom. The Bertz CT molecular complexity index is 2540. The first-order valence-electron chi connectivity index (χ1n) is 24.6. The van der Waals surface area contributed by atoms with Crippen molar-refractivity contribution in [3.05, 3.63) is 120 Å². The van der Waals surface area contributed by atoms with Crippen molar-refractivity contribution in [2.45, 2.75) is 108 Å². The maximum atomic E-state index is 13.1. The van der Waals surface area contributed by atoms with Crippen LogP contribution in [0.5, 0.6) is 11.5 Å². The topological polar surface area (TPSA) is 164 Å². The van der Waals surface area contributed by atoms with E-state index in [1.54, 1.807) is 21.3 Å². The summed E-state index contributed by atoms with van der Waals surface area (Å²) in [5, 5.41) is 28.1. The Morgan fingerprint density at radius 3 is 1.26 bits per heavy atom. The number of aromatic nitrogens is 8. The summed E-state index contributed by atoms with van der Waals surface area (Å²) in [6.07, 6.45) is 13.6. The van der Waals surface area contributed by atoms with Crippen molar-refractivity contribution in [1.82, 2.24) is 60.4 Å². The van der Waals surface area contributed by atoms with E-state index in [2.05, 4.69) is 67.8 Å². The lowest BCUT2D eigenvalue weighted by molar-refractivity contribution is 0.0629. The predicted octanol–water partition coefficient (Wildman–Crippen LogP) is 6.84. The van der Waals surface area contributed by atoms with Crippen molar-refractivity contribution in [2.24, 2.45) is 7.05 Å². The fourth-order valence-electron chi connectivity index (χ4n) is 10.6. The van der Waals surface area contributed by atoms with Gasteiger partial charge in [-0.25, -0.2) is 8.42 Å². The summed E-state index contributed by atoms with van der Waals surface area (Å²) < 4.78 is 36.6. The molecule has 69 heavy (non-hydrogen) atoms. The molecule has 1 N–H and O–H groups in total. The second kappa shape index (κ2) is 23.6. The third-order valence-electron chi connectivity index (χ3n) is 14.4. The van der Waals surface area contributed by atoms with Gasteiger partial charge in [0.1, 0.15) is 11.5 Å². The fourth-order valence-corrected chi connectivity index (χ4v) is 12.6. The van der Waals surface area contributed by atoms with Crippen molar-refractivity contribution in [3.8, 4) is 11.5 Å². The van der Waals surface area contributed by atoms with Gasteiger partial charge in [-0.2, -0.15) is 10.0 Å². The quantitative estimate of drug-likeness (QED) is 0.121. The maximum absolute atomic E-state index is 13.1. The van der Waals surface area contributed by atoms with E-state index in [0.29, 0.717) is 11.6 Å². The van der Waals surface area contributed by atoms with E-state index in [-0.39, 0.29) is 12.1 Å². The van der Waals surface area contributed by atoms with E-state index in [1.165, 1.54) is 69.0 Å². The lowest BCUT2D eigenvalue weighted by atomic mass is 9.93. The minimum Gasteiger partial charge on any atom is -0.497 e. The fraction of sp³-hybridized carbons (Fsp3) is 0.490. The van der Waals surface area contributed by atoms with Gasteiger partial charge in [-0.3, -0.25) is 19.6 Å². The zero-order valence-electron chi connectivity index (χ0n) is 40.1. The van der Waals surface area contributed by atoms with Crippen LogP contribution in [0.15, 0.2) is 117 Å². The van der Waals surface area contributed by atoms with Crippen molar-refractivity contribution >= 4 is 21.6 Å². The number of ether oxygens (including phenoxy) is 2. The molecule has 4 aliphatic rings. The van der Waals surface area contributed by atoms with Crippen LogP contribution in [0.3, 0.4) is 0 Å². The molecule has 366 valence electrons. The van der Waals surface area contributed by atoms with Crippen molar-refractivity contribution in [3.63, 3.8) is 0 Å². The number of methoxy groups -OCH3 is 2. The van der Waals surface area contributed by atoms with Gasteiger partial charge >= 0.3 is 0 Å². The number of hydrogen-bond acceptors (Lipinski definition) is 14. The molecule has 10 rings (SSSR count). The van der Waals surface area contributed by atoms with Crippen LogP contribution < -0.4 is 9.47 Å². The maximum Gasteiger partial charge on any atom is 0.196 e. The molecular formula is C51H66N12O4S2. The number of rotatable bonds is 14. The largest absolute Gasteiger partial charge is 0.497 e. The summed E-state index contributed by atoms with van der Waals surface area (Å²) in [7, 11) is 2.55. The van der Waals surface area contributed by atoms with E-state index in [9.17, 15) is 8.42 Å². The number of aryl methyl sites for hydroxylation is 1. The van der Waals surface area contributed by atoms with Crippen LogP contribution in [-0.2, 0) is 28.6 Å². The van der Waals surface area contributed by atoms with Crippen LogP contribution in [0.2, 0.25) is 0 Å². The van der Waals surface area contributed by atoms with Crippen LogP contribution >= 0.6 is 0 Å². The Morgan fingerprint density at radius 1 is 0.522 bits per heavy atom. The summed E-state index contributed by atoms with van der Waals surface area (Å²) in [5.74, 6) is 2.89. The number of benzene rings is 4. The summed E-state index contributed by atoms with van der Waals surface area (Å²) in [4.78, 5) is 14.8. The monoisotopic (exact) mass is 974 g/mol. The molecule has 2 aliphatic carbocycles. The molecule has 0 bridgehead atoms. The van der Waals surface area contributed by atoms with Crippen molar-refractivity contribution in [1.29, 1.82) is 0 Å². The van der Waals surface area contributed by atoms with Gasteiger partial charge in [0.25, 0.3) is 0 Å². The molecule has 2 saturated heterocycles. The highest BCUT2D eigenvalue weighted by atomic mass is 32.2. The smallest absolute Gasteiger partial charge is 0.196 e. The lowest BCUT2D eigenvalue weighted by Gasteiger charge is -2.42. The van der Waals surface area contributed by atoms with E-state index in [0.717, 1.165) is 107 Å². The SMILES string of the molecule is COc1ccc(S(=O)c2ccc(C(c3nn[nH]n3)N3CCN(C4CCCCC4)CC3)cc2)cc1.COc1ccc(S(=O)c2ccc(C(c3nnn(C)n3)N3CCN(C4CCCCC4)CC3)cc2)cc1. The molecule has 0 amide bonds. The van der Waals surface area contributed by atoms with E-state index in [4.69, 9.17) is 9.47 Å². The van der Waals surface area contributed by atoms with Gasteiger partial charge in [0.15, 0.2) is 11.6 Å². The van der Waals surface area contributed by atoms with Crippen LogP contribution in [0.1, 0.15) is 99.1 Å². The molecule has 16 nitrogen and oxygen atoms in total. The van der Waals surface area contributed by atoms with Crippen LogP contribution in [0, 0.1) is 0 Å². The highest BCUT2D eigenvalue weighted by molar-refractivity contribution is 7.85. The predicted molar refractivity (Wildman–Crippen MR) is 265 cm³/mol. The molecule has 18 heteroatoms. The second-order valence-electron chi connectivity index (χ2n) is 18.5. The molecule has 0 spiro atoms. The zero-order valence-corrected chi connectivity index (χ0v) is 41.8. The first-order valence-corrected chi connectivity index (χ1v) is 26.9. The van der Waals surface area contributed by atoms with Crippen LogP contribution in [0.4, 0.5) is 0 Å². The summed E-state index contributed by atoms with van der Waals surface area (Å²) in [6.45, 7) is 8.15. The van der Waals surface area contributed by atoms with Gasteiger partial charge < -0.3 is 9.47 Å². The molecule has 0 radical (unpaired) electrons. The molecule has 4 aromatic carbocycles. The molecule has 2 aromatic heterocycles. The average molecular weight is 975 g/mol. The minimum absolute atomic E-state index is 0.0688. The molecule has 6 aromatic rings. The first-order chi connectivity index (χ1) is 33.8. The number of aromatic amines is 1. The molecule has 2 aliphatic heterocycles. The highest BCUT2D eigenvalue weighted by Crippen LogP contribution is 2.33. The van der Waals surface area contributed by atoms with E-state index < -0.39 is 21.6 Å². The van der Waals surface area contributed by atoms with Gasteiger partial charge in [-0.15, -0.1) is 20.4 Å². The second-order valence-corrected chi connectivity index (χ2v) is 21.4. The third-order valence-corrected chi connectivity index (χ3v) is 17.2. The van der Waals surface area contributed by atoms with Gasteiger partial charge in [-0.05, 0) is 115 Å². The van der Waals surface area contributed by atoms with Gasteiger partial charge in [-0.1, -0.05) is 68.0 Å². The van der Waals surface area contributed by atoms with Gasteiger partial charge in [0, 0.05) is 84.0 Å². The Hall–Kier alpha value is -5.24. The minimum atomic E-state index is -1.25. The summed E-state index contributed by atoms with van der Waals surface area (Å²) in [5.41, 5.74) is 2.18. The van der Waals surface area contributed by atoms with E-state index >= 15 is 0 Å². The number of nitrogens with zero attached hydrogens (tertiary/aromatic N) is 11. The molecule has 2 saturated carbocycles. The lowest BCUT2D eigenvalue weighted by Crippen LogP contribution is -2.51. The van der Waals surface area contributed by atoms with Crippen LogP contribution in [0.25, 0.3) is 0 Å². The normalized spacial score (nSPS) is 20.0. The first kappa shape index (κ1) is 48.8. The average Bonchev–Trinajstić information content (AvgIpc) is 4.12. The summed E-state index contributed by atoms with van der Waals surface area (Å²) >= 11 is 0. The highest BCUT2D eigenvalue weighted by Gasteiger charge is 2.34. The van der Waals surface area contributed by atoms with Crippen molar-refractivity contribution < 1.29 is 17.9 Å². The zero-order chi connectivity index (χ0) is 47.5. The molecule has 4 fully saturated rings. The number of tetrazole rings is 2. The molecule has 4 heterocycles. The van der Waals surface area contributed by atoms with Gasteiger partial charge in [0.2, 0.25) is 0 Å². The molecule has 4 atom stereocenters. The number of piperazine rings is 2. The molecular weight excluding hydrogens is 909 g/mol. The Balaban J connectivity index is 0.000000172.